The molecule has 3 aromatic carbocycles. The molecule has 0 spiro atoms. The predicted octanol–water partition coefficient (Wildman–Crippen LogP) is 5.31. The summed E-state index contributed by atoms with van der Waals surface area (Å²) in [6.45, 7) is 0.597. The minimum Gasteiger partial charge on any atom is -0.321 e. The van der Waals surface area contributed by atoms with Crippen molar-refractivity contribution in [1.29, 1.82) is 0 Å². The van der Waals surface area contributed by atoms with Crippen molar-refractivity contribution in [3.05, 3.63) is 114 Å². The number of hydrogen-bond donors (Lipinski definition) is 0. The molecule has 0 bridgehead atoms. The van der Waals surface area contributed by atoms with E-state index in [0.717, 1.165) is 16.6 Å². The van der Waals surface area contributed by atoms with Gasteiger partial charge in [0.15, 0.2) is 5.82 Å². The van der Waals surface area contributed by atoms with E-state index >= 15 is 0 Å². The molecular formula is C24H17FN2O. The zero-order valence-electron chi connectivity index (χ0n) is 15.0. The highest BCUT2D eigenvalue weighted by Crippen LogP contribution is 2.28. The molecule has 0 aliphatic rings. The number of hydrogen-bond acceptors (Lipinski definition) is 1. The molecule has 0 fully saturated rings. The van der Waals surface area contributed by atoms with Gasteiger partial charge in [0.2, 0.25) is 5.78 Å². The number of imidazole rings is 1. The Balaban J connectivity index is 1.77. The molecule has 2 aromatic heterocycles. The summed E-state index contributed by atoms with van der Waals surface area (Å²) in [5.41, 5.74) is 4.11. The maximum atomic E-state index is 15.0. The molecule has 0 amide bonds. The van der Waals surface area contributed by atoms with Crippen molar-refractivity contribution in [2.75, 3.05) is 0 Å². The molecule has 5 aromatic rings. The molecule has 136 valence electrons. The Morgan fingerprint density at radius 1 is 0.786 bits per heavy atom. The number of benzene rings is 3. The van der Waals surface area contributed by atoms with E-state index in [0.29, 0.717) is 17.8 Å². The Labute approximate surface area is 161 Å². The molecular weight excluding hydrogens is 351 g/mol. The molecule has 0 N–H and O–H groups in total. The third-order valence-electron chi connectivity index (χ3n) is 5.06. The van der Waals surface area contributed by atoms with Gasteiger partial charge in [0.05, 0.1) is 11.0 Å². The van der Waals surface area contributed by atoms with Gasteiger partial charge in [-0.25, -0.2) is 4.39 Å². The van der Waals surface area contributed by atoms with Crippen molar-refractivity contribution >= 4 is 22.5 Å². The third-order valence-corrected chi connectivity index (χ3v) is 5.06. The van der Waals surface area contributed by atoms with Gasteiger partial charge < -0.3 is 4.57 Å². The van der Waals surface area contributed by atoms with Crippen molar-refractivity contribution in [3.63, 3.8) is 0 Å². The first kappa shape index (κ1) is 16.5. The normalized spacial score (nSPS) is 11.3. The summed E-state index contributed by atoms with van der Waals surface area (Å²) < 4.78 is 18.8. The van der Waals surface area contributed by atoms with Crippen molar-refractivity contribution in [3.8, 4) is 0 Å². The molecule has 0 radical (unpaired) electrons. The lowest BCUT2D eigenvalue weighted by atomic mass is 10.1. The van der Waals surface area contributed by atoms with E-state index in [-0.39, 0.29) is 11.5 Å². The molecule has 2 heterocycles. The van der Waals surface area contributed by atoms with Crippen molar-refractivity contribution in [2.24, 2.45) is 0 Å². The number of nitrogens with zero attached hydrogens (tertiary/aromatic N) is 2. The maximum absolute atomic E-state index is 15.0. The van der Waals surface area contributed by atoms with Gasteiger partial charge in [-0.1, -0.05) is 72.8 Å². The van der Waals surface area contributed by atoms with Crippen LogP contribution in [0.5, 0.6) is 0 Å². The van der Waals surface area contributed by atoms with Crippen LogP contribution in [-0.4, -0.2) is 14.8 Å². The standard InChI is InChI=1S/C24H17FN2O/c25-19-15-22-26(16-17-9-3-1-4-10-17)20-13-7-8-14-21(20)27(22)23(19)24(28)18-11-5-2-6-12-18/h1-15H,16H2. The van der Waals surface area contributed by atoms with E-state index in [1.54, 1.807) is 28.7 Å². The lowest BCUT2D eigenvalue weighted by Gasteiger charge is -2.05. The summed E-state index contributed by atoms with van der Waals surface area (Å²) in [5, 5.41) is 0. The van der Waals surface area contributed by atoms with Crippen LogP contribution in [0.25, 0.3) is 16.7 Å². The van der Waals surface area contributed by atoms with Gasteiger partial charge >= 0.3 is 0 Å². The van der Waals surface area contributed by atoms with Crippen LogP contribution in [0.1, 0.15) is 21.6 Å². The maximum Gasteiger partial charge on any atom is 0.212 e. The molecule has 0 aliphatic heterocycles. The van der Waals surface area contributed by atoms with Gasteiger partial charge in [-0.2, -0.15) is 0 Å². The monoisotopic (exact) mass is 368 g/mol. The molecule has 5 rings (SSSR count). The highest BCUT2D eigenvalue weighted by molar-refractivity contribution is 6.09. The SMILES string of the molecule is O=C(c1ccccc1)c1c(F)cc2n(Cc3ccccc3)c3ccccc3n12. The fourth-order valence-electron chi connectivity index (χ4n) is 3.78. The average Bonchev–Trinajstić information content (AvgIpc) is 3.23. The highest BCUT2D eigenvalue weighted by atomic mass is 19.1. The summed E-state index contributed by atoms with van der Waals surface area (Å²) in [6, 6.07) is 28.1. The first-order chi connectivity index (χ1) is 13.7. The molecule has 0 saturated carbocycles. The lowest BCUT2D eigenvalue weighted by molar-refractivity contribution is 0.103. The number of fused-ring (bicyclic) bond motifs is 3. The minimum atomic E-state index is -0.503. The summed E-state index contributed by atoms with van der Waals surface area (Å²) in [6.07, 6.45) is 0. The summed E-state index contributed by atoms with van der Waals surface area (Å²) in [4.78, 5) is 13.1. The Bertz CT molecular complexity index is 1300. The second kappa shape index (κ2) is 6.50. The van der Waals surface area contributed by atoms with Crippen LogP contribution >= 0.6 is 0 Å². The molecule has 0 unspecified atom stereocenters. The van der Waals surface area contributed by atoms with E-state index < -0.39 is 5.82 Å². The van der Waals surface area contributed by atoms with E-state index in [1.807, 2.05) is 60.7 Å². The van der Waals surface area contributed by atoms with Crippen LogP contribution in [0.3, 0.4) is 0 Å². The minimum absolute atomic E-state index is 0.0733. The second-order valence-electron chi connectivity index (χ2n) is 6.79. The number of carbonyl (C=O) groups is 1. The van der Waals surface area contributed by atoms with Gasteiger partial charge in [0.1, 0.15) is 11.3 Å². The first-order valence-corrected chi connectivity index (χ1v) is 9.16. The third kappa shape index (κ3) is 2.54. The van der Waals surface area contributed by atoms with Crippen molar-refractivity contribution in [1.82, 2.24) is 8.97 Å². The van der Waals surface area contributed by atoms with Crippen LogP contribution in [0.15, 0.2) is 91.0 Å². The molecule has 0 aliphatic carbocycles. The summed E-state index contributed by atoms with van der Waals surface area (Å²) >= 11 is 0. The van der Waals surface area contributed by atoms with Gasteiger partial charge in [0.25, 0.3) is 0 Å². The Morgan fingerprint density at radius 3 is 2.11 bits per heavy atom. The van der Waals surface area contributed by atoms with Gasteiger partial charge in [-0.15, -0.1) is 0 Å². The quantitative estimate of drug-likeness (QED) is 0.395. The number of carbonyl (C=O) groups excluding carboxylic acids is 1. The van der Waals surface area contributed by atoms with Crippen LogP contribution in [-0.2, 0) is 6.54 Å². The smallest absolute Gasteiger partial charge is 0.212 e. The fourth-order valence-corrected chi connectivity index (χ4v) is 3.78. The lowest BCUT2D eigenvalue weighted by Crippen LogP contribution is -2.07. The number of halogens is 1. The fraction of sp³-hybridized carbons (Fsp3) is 0.0417. The summed E-state index contributed by atoms with van der Waals surface area (Å²) in [7, 11) is 0. The molecule has 4 heteroatoms. The Kier molecular flexibility index (Phi) is 3.83. The van der Waals surface area contributed by atoms with Crippen LogP contribution in [0.4, 0.5) is 4.39 Å². The summed E-state index contributed by atoms with van der Waals surface area (Å²) in [5.74, 6) is -0.822. The highest BCUT2D eigenvalue weighted by Gasteiger charge is 2.24. The predicted molar refractivity (Wildman–Crippen MR) is 108 cm³/mol. The van der Waals surface area contributed by atoms with Gasteiger partial charge in [0, 0.05) is 18.2 Å². The number of rotatable bonds is 4. The molecule has 28 heavy (non-hydrogen) atoms. The zero-order chi connectivity index (χ0) is 19.1. The molecule has 0 saturated heterocycles. The van der Waals surface area contributed by atoms with Crippen molar-refractivity contribution in [2.45, 2.75) is 6.54 Å². The largest absolute Gasteiger partial charge is 0.321 e. The Morgan fingerprint density at radius 2 is 1.39 bits per heavy atom. The topological polar surface area (TPSA) is 26.4 Å². The van der Waals surface area contributed by atoms with E-state index in [1.165, 1.54) is 6.07 Å². The first-order valence-electron chi connectivity index (χ1n) is 9.16. The van der Waals surface area contributed by atoms with Crippen LogP contribution in [0, 0.1) is 5.82 Å². The average molecular weight is 368 g/mol. The number of ketones is 1. The number of aromatic nitrogens is 2. The van der Waals surface area contributed by atoms with E-state index in [9.17, 15) is 9.18 Å². The van der Waals surface area contributed by atoms with Crippen LogP contribution < -0.4 is 0 Å². The van der Waals surface area contributed by atoms with E-state index in [4.69, 9.17) is 0 Å². The molecule has 3 nitrogen and oxygen atoms in total. The molecule has 0 atom stereocenters. The zero-order valence-corrected chi connectivity index (χ0v) is 15.0. The van der Waals surface area contributed by atoms with Gasteiger partial charge in [-0.3, -0.25) is 9.20 Å². The Hall–Kier alpha value is -3.66. The van der Waals surface area contributed by atoms with Crippen molar-refractivity contribution < 1.29 is 9.18 Å². The second-order valence-corrected chi connectivity index (χ2v) is 6.79. The van der Waals surface area contributed by atoms with E-state index in [2.05, 4.69) is 4.57 Å². The van der Waals surface area contributed by atoms with Gasteiger partial charge in [-0.05, 0) is 17.7 Å². The number of para-hydroxylation sites is 2. The van der Waals surface area contributed by atoms with Crippen LogP contribution in [0.2, 0.25) is 0 Å².